The average Bonchev–Trinajstić information content (AvgIpc) is 3.08. The van der Waals surface area contributed by atoms with Crippen LogP contribution in [0.5, 0.6) is 0 Å². The number of aliphatic carboxylic acids is 1. The van der Waals surface area contributed by atoms with Crippen LogP contribution in [0, 0.1) is 0 Å². The molecule has 0 heterocycles. The number of benzene rings is 2. The molecule has 2 aromatic carbocycles. The van der Waals surface area contributed by atoms with Gasteiger partial charge in [-0.25, -0.2) is 4.79 Å². The Morgan fingerprint density at radius 2 is 1.38 bits per heavy atom. The lowest BCUT2D eigenvalue weighted by Crippen LogP contribution is -2.38. The van der Waals surface area contributed by atoms with E-state index in [1.54, 1.807) is 0 Å². The Bertz CT molecular complexity index is 933. The first-order valence-electron chi connectivity index (χ1n) is 10.3. The molecule has 2 aromatic rings. The number of carbonyl (C=O) groups is 3. The van der Waals surface area contributed by atoms with Crippen LogP contribution in [-0.4, -0.2) is 65.2 Å². The standard InChI is InChI=1S/C23H26N2O7/c26-14(9-21(28)24-11-15(27)10-22(29)30)12-25-23(31)32-13-20-18-7-3-1-5-16(18)17-6-2-4-8-19(17)20/h1-8,14-15,20,26-27H,9-13H2,(H,24,28)(H,25,31)(H,29,30). The first kappa shape index (κ1) is 23.2. The molecule has 2 unspecified atom stereocenters. The predicted molar refractivity (Wildman–Crippen MR) is 115 cm³/mol. The lowest BCUT2D eigenvalue weighted by molar-refractivity contribution is -0.139. The lowest BCUT2D eigenvalue weighted by atomic mass is 9.98. The summed E-state index contributed by atoms with van der Waals surface area (Å²) in [6, 6.07) is 15.9. The van der Waals surface area contributed by atoms with E-state index >= 15 is 0 Å². The second kappa shape index (κ2) is 10.7. The molecule has 9 heteroatoms. The van der Waals surface area contributed by atoms with Crippen molar-refractivity contribution in [3.63, 3.8) is 0 Å². The number of hydrogen-bond acceptors (Lipinski definition) is 6. The molecule has 0 bridgehead atoms. The minimum absolute atomic E-state index is 0.0823. The zero-order valence-corrected chi connectivity index (χ0v) is 17.4. The molecule has 1 aliphatic rings. The van der Waals surface area contributed by atoms with Crippen molar-refractivity contribution in [3.8, 4) is 11.1 Å². The van der Waals surface area contributed by atoms with E-state index in [4.69, 9.17) is 9.84 Å². The highest BCUT2D eigenvalue weighted by Gasteiger charge is 2.29. The predicted octanol–water partition coefficient (Wildman–Crippen LogP) is 1.23. The smallest absolute Gasteiger partial charge is 0.407 e. The van der Waals surface area contributed by atoms with Crippen molar-refractivity contribution in [1.82, 2.24) is 10.6 Å². The average molecular weight is 442 g/mol. The van der Waals surface area contributed by atoms with Crippen molar-refractivity contribution >= 4 is 18.0 Å². The van der Waals surface area contributed by atoms with E-state index in [-0.39, 0.29) is 32.0 Å². The third-order valence-electron chi connectivity index (χ3n) is 5.19. The summed E-state index contributed by atoms with van der Waals surface area (Å²) in [5, 5.41) is 32.7. The highest BCUT2D eigenvalue weighted by atomic mass is 16.5. The van der Waals surface area contributed by atoms with Gasteiger partial charge >= 0.3 is 12.1 Å². The van der Waals surface area contributed by atoms with Crippen LogP contribution in [0.15, 0.2) is 48.5 Å². The van der Waals surface area contributed by atoms with E-state index in [0.29, 0.717) is 0 Å². The largest absolute Gasteiger partial charge is 0.481 e. The molecule has 0 fully saturated rings. The number of hydrogen-bond donors (Lipinski definition) is 5. The van der Waals surface area contributed by atoms with E-state index in [0.717, 1.165) is 22.3 Å². The Hall–Kier alpha value is -3.43. The van der Waals surface area contributed by atoms with Gasteiger partial charge in [-0.1, -0.05) is 48.5 Å². The Balaban J connectivity index is 1.42. The number of amides is 2. The fourth-order valence-electron chi connectivity index (χ4n) is 3.71. The number of aliphatic hydroxyl groups is 2. The summed E-state index contributed by atoms with van der Waals surface area (Å²) >= 11 is 0. The molecule has 0 aromatic heterocycles. The third-order valence-corrected chi connectivity index (χ3v) is 5.19. The summed E-state index contributed by atoms with van der Waals surface area (Å²) in [6.07, 6.45) is -3.89. The van der Waals surface area contributed by atoms with Crippen LogP contribution >= 0.6 is 0 Å². The molecule has 0 saturated heterocycles. The molecule has 0 aliphatic heterocycles. The van der Waals surface area contributed by atoms with Crippen LogP contribution in [0.3, 0.4) is 0 Å². The van der Waals surface area contributed by atoms with E-state index in [1.165, 1.54) is 0 Å². The summed E-state index contributed by atoms with van der Waals surface area (Å²) < 4.78 is 5.36. The number of carbonyl (C=O) groups excluding carboxylic acids is 2. The Morgan fingerprint density at radius 1 is 0.844 bits per heavy atom. The summed E-state index contributed by atoms with van der Waals surface area (Å²) in [5.41, 5.74) is 4.41. The molecule has 32 heavy (non-hydrogen) atoms. The maximum atomic E-state index is 12.1. The van der Waals surface area contributed by atoms with Gasteiger partial charge in [0.25, 0.3) is 0 Å². The zero-order valence-electron chi connectivity index (χ0n) is 17.4. The van der Waals surface area contributed by atoms with Crippen molar-refractivity contribution in [2.24, 2.45) is 0 Å². The van der Waals surface area contributed by atoms with Gasteiger partial charge in [-0.2, -0.15) is 0 Å². The summed E-state index contributed by atoms with van der Waals surface area (Å²) in [6.45, 7) is -0.294. The topological polar surface area (TPSA) is 145 Å². The number of nitrogens with one attached hydrogen (secondary N) is 2. The number of ether oxygens (including phenoxy) is 1. The van der Waals surface area contributed by atoms with E-state index in [9.17, 15) is 24.6 Å². The summed E-state index contributed by atoms with van der Waals surface area (Å²) in [7, 11) is 0. The first-order valence-corrected chi connectivity index (χ1v) is 10.3. The Morgan fingerprint density at radius 3 is 1.97 bits per heavy atom. The molecular weight excluding hydrogens is 416 g/mol. The van der Waals surface area contributed by atoms with Crippen LogP contribution in [0.4, 0.5) is 4.79 Å². The molecule has 0 radical (unpaired) electrons. The van der Waals surface area contributed by atoms with Gasteiger partial charge in [0.05, 0.1) is 25.0 Å². The van der Waals surface area contributed by atoms with Gasteiger partial charge in [-0.3, -0.25) is 9.59 Å². The molecule has 5 N–H and O–H groups in total. The SMILES string of the molecule is O=C(O)CC(O)CNC(=O)CC(O)CNC(=O)OCC1c2ccccc2-c2ccccc21. The van der Waals surface area contributed by atoms with Gasteiger partial charge in [-0.05, 0) is 22.3 Å². The lowest BCUT2D eigenvalue weighted by Gasteiger charge is -2.16. The zero-order chi connectivity index (χ0) is 23.1. The fraction of sp³-hybridized carbons (Fsp3) is 0.348. The molecule has 0 saturated carbocycles. The van der Waals surface area contributed by atoms with Gasteiger partial charge < -0.3 is 30.7 Å². The number of fused-ring (bicyclic) bond motifs is 3. The van der Waals surface area contributed by atoms with Crippen molar-refractivity contribution in [1.29, 1.82) is 0 Å². The fourth-order valence-corrected chi connectivity index (χ4v) is 3.71. The van der Waals surface area contributed by atoms with Crippen LogP contribution < -0.4 is 10.6 Å². The minimum atomic E-state index is -1.22. The second-order valence-electron chi connectivity index (χ2n) is 7.62. The molecular formula is C23H26N2O7. The Kier molecular flexibility index (Phi) is 7.80. The van der Waals surface area contributed by atoms with E-state index in [1.807, 2.05) is 48.5 Å². The highest BCUT2D eigenvalue weighted by molar-refractivity contribution is 5.79. The van der Waals surface area contributed by atoms with E-state index in [2.05, 4.69) is 10.6 Å². The monoisotopic (exact) mass is 442 g/mol. The maximum Gasteiger partial charge on any atom is 0.407 e. The van der Waals surface area contributed by atoms with Crippen molar-refractivity contribution in [2.75, 3.05) is 19.7 Å². The first-order chi connectivity index (χ1) is 15.3. The van der Waals surface area contributed by atoms with Crippen molar-refractivity contribution in [2.45, 2.75) is 31.0 Å². The number of aliphatic hydroxyl groups excluding tert-OH is 2. The number of alkyl carbamates (subject to hydrolysis) is 1. The number of carboxylic acid groups (broad SMARTS) is 1. The number of carboxylic acids is 1. The molecule has 2 amide bonds. The molecule has 2 atom stereocenters. The van der Waals surface area contributed by atoms with Crippen LogP contribution in [0.25, 0.3) is 11.1 Å². The normalized spacial score (nSPS) is 14.1. The summed E-state index contributed by atoms with van der Waals surface area (Å²) in [4.78, 5) is 34.3. The van der Waals surface area contributed by atoms with Gasteiger partial charge in [0.1, 0.15) is 6.61 Å². The highest BCUT2D eigenvalue weighted by Crippen LogP contribution is 2.44. The summed E-state index contributed by atoms with van der Waals surface area (Å²) in [5.74, 6) is -1.84. The molecule has 0 spiro atoms. The molecule has 9 nitrogen and oxygen atoms in total. The molecule has 1 aliphatic carbocycles. The molecule has 170 valence electrons. The third kappa shape index (κ3) is 6.05. The maximum absolute atomic E-state index is 12.1. The second-order valence-corrected chi connectivity index (χ2v) is 7.62. The van der Waals surface area contributed by atoms with Crippen LogP contribution in [0.1, 0.15) is 29.9 Å². The van der Waals surface area contributed by atoms with Crippen molar-refractivity contribution in [3.05, 3.63) is 59.7 Å². The quantitative estimate of drug-likeness (QED) is 0.372. The number of rotatable bonds is 10. The van der Waals surface area contributed by atoms with Gasteiger partial charge in [0.2, 0.25) is 5.91 Å². The van der Waals surface area contributed by atoms with E-state index < -0.39 is 36.6 Å². The van der Waals surface area contributed by atoms with Gasteiger partial charge in [0.15, 0.2) is 0 Å². The van der Waals surface area contributed by atoms with Gasteiger partial charge in [-0.15, -0.1) is 0 Å². The minimum Gasteiger partial charge on any atom is -0.481 e. The Labute approximate surface area is 185 Å². The van der Waals surface area contributed by atoms with Crippen molar-refractivity contribution < 1.29 is 34.4 Å². The van der Waals surface area contributed by atoms with Crippen LogP contribution in [-0.2, 0) is 14.3 Å². The van der Waals surface area contributed by atoms with Crippen LogP contribution in [0.2, 0.25) is 0 Å². The van der Waals surface area contributed by atoms with Gasteiger partial charge in [0, 0.05) is 19.0 Å². The molecule has 3 rings (SSSR count).